The van der Waals surface area contributed by atoms with Crippen molar-refractivity contribution in [1.82, 2.24) is 0 Å². The van der Waals surface area contributed by atoms with E-state index >= 15 is 0 Å². The number of hydrogen-bond donors (Lipinski definition) is 0. The monoisotopic (exact) mass is 617 g/mol. The van der Waals surface area contributed by atoms with Gasteiger partial charge >= 0.3 is 0 Å². The summed E-state index contributed by atoms with van der Waals surface area (Å²) in [7, 11) is -1.54. The molecule has 221 valence electrons. The lowest BCUT2D eigenvalue weighted by molar-refractivity contribution is 0.970. The molecule has 0 nitrogen and oxygen atoms in total. The highest BCUT2D eigenvalue weighted by Crippen LogP contribution is 2.62. The first-order valence-corrected chi connectivity index (χ1v) is 18.6. The van der Waals surface area contributed by atoms with Crippen LogP contribution in [0, 0.1) is 40.0 Å². The molecule has 4 aromatic carbocycles. The molecule has 2 heteroatoms. The molecule has 3 aliphatic carbocycles. The lowest BCUT2D eigenvalue weighted by Gasteiger charge is -2.34. The van der Waals surface area contributed by atoms with Crippen LogP contribution in [0.2, 0.25) is 0 Å². The predicted octanol–water partition coefficient (Wildman–Crippen LogP) is 10.5. The molecule has 1 radical (unpaired) electrons. The van der Waals surface area contributed by atoms with Gasteiger partial charge in [-0.05, 0) is 98.6 Å². The predicted molar refractivity (Wildman–Crippen MR) is 200 cm³/mol. The van der Waals surface area contributed by atoms with Gasteiger partial charge in [0.1, 0.15) is 0 Å². The van der Waals surface area contributed by atoms with Crippen molar-refractivity contribution in [2.24, 2.45) is 5.92 Å². The van der Waals surface area contributed by atoms with Gasteiger partial charge in [0.25, 0.3) is 0 Å². The van der Waals surface area contributed by atoms with Crippen LogP contribution in [0.4, 0.5) is 0 Å². The topological polar surface area (TPSA) is 0 Å². The number of aryl methyl sites for hydroxylation is 4. The zero-order chi connectivity index (χ0) is 31.1. The molecule has 0 saturated carbocycles. The largest absolute Gasteiger partial charge is 0.116 e. The Morgan fingerprint density at radius 1 is 0.667 bits per heavy atom. The minimum absolute atomic E-state index is 0.287. The lowest BCUT2D eigenvalue weighted by Crippen LogP contribution is -2.23. The van der Waals surface area contributed by atoms with Crippen molar-refractivity contribution in [2.75, 3.05) is 0 Å². The summed E-state index contributed by atoms with van der Waals surface area (Å²) >= 11 is 0. The molecule has 0 bridgehead atoms. The number of benzene rings is 4. The van der Waals surface area contributed by atoms with Gasteiger partial charge in [0.15, 0.2) is 0 Å². The maximum Gasteiger partial charge on any atom is 0.0205 e. The molecular formula is C43H39P2. The molecule has 0 saturated heterocycles. The summed E-state index contributed by atoms with van der Waals surface area (Å²) in [6.45, 7) is 11.4. The third-order valence-electron chi connectivity index (χ3n) is 8.95. The molecule has 0 heterocycles. The van der Waals surface area contributed by atoms with Crippen LogP contribution >= 0.6 is 15.8 Å². The normalized spacial score (nSPS) is 18.4. The van der Waals surface area contributed by atoms with E-state index in [9.17, 15) is 0 Å². The Morgan fingerprint density at radius 3 is 2.02 bits per heavy atom. The van der Waals surface area contributed by atoms with E-state index < -0.39 is 15.8 Å². The van der Waals surface area contributed by atoms with Crippen LogP contribution in [0.25, 0.3) is 10.8 Å². The van der Waals surface area contributed by atoms with Gasteiger partial charge in [-0.15, -0.1) is 5.73 Å². The molecule has 3 aliphatic rings. The fourth-order valence-electron chi connectivity index (χ4n) is 7.15. The molecule has 0 amide bonds. The molecule has 2 unspecified atom stereocenters. The van der Waals surface area contributed by atoms with Gasteiger partial charge in [-0.2, -0.15) is 0 Å². The molecule has 0 N–H and O–H groups in total. The number of hydrogen-bond acceptors (Lipinski definition) is 0. The van der Waals surface area contributed by atoms with Gasteiger partial charge in [-0.25, -0.2) is 0 Å². The summed E-state index contributed by atoms with van der Waals surface area (Å²) in [5.41, 5.74) is 12.2. The summed E-state index contributed by atoms with van der Waals surface area (Å²) in [5, 5.41) is 9.85. The second-order valence-electron chi connectivity index (χ2n) is 12.5. The summed E-state index contributed by atoms with van der Waals surface area (Å²) in [4.78, 5) is 0. The molecule has 0 spiro atoms. The Morgan fingerprint density at radius 2 is 1.31 bits per heavy atom. The summed E-state index contributed by atoms with van der Waals surface area (Å²) in [6, 6.07) is 30.1. The first-order valence-electron chi connectivity index (χ1n) is 15.9. The molecule has 0 fully saturated rings. The van der Waals surface area contributed by atoms with E-state index in [0.717, 1.165) is 0 Å². The molecule has 0 aromatic heterocycles. The van der Waals surface area contributed by atoms with Crippen molar-refractivity contribution >= 4 is 42.5 Å². The van der Waals surface area contributed by atoms with E-state index in [0.29, 0.717) is 5.92 Å². The van der Waals surface area contributed by atoms with Gasteiger partial charge in [-0.3, -0.25) is 0 Å². The lowest BCUT2D eigenvalue weighted by atomic mass is 9.90. The van der Waals surface area contributed by atoms with Crippen LogP contribution in [0.15, 0.2) is 155 Å². The number of fused-ring (bicyclic) bond motifs is 2. The highest BCUT2D eigenvalue weighted by atomic mass is 31.1. The van der Waals surface area contributed by atoms with Crippen LogP contribution < -0.4 is 15.9 Å². The Labute approximate surface area is 271 Å². The quantitative estimate of drug-likeness (QED) is 0.143. The van der Waals surface area contributed by atoms with Crippen molar-refractivity contribution in [2.45, 2.75) is 40.3 Å². The van der Waals surface area contributed by atoms with E-state index in [2.05, 4.69) is 174 Å². The fraction of sp³-hybridized carbons (Fsp3) is 0.163. The van der Waals surface area contributed by atoms with Crippen LogP contribution in [-0.4, -0.2) is 5.66 Å². The Bertz CT molecular complexity index is 1940. The van der Waals surface area contributed by atoms with Gasteiger partial charge in [0.2, 0.25) is 0 Å². The minimum Gasteiger partial charge on any atom is -0.116 e. The molecule has 7 rings (SSSR count). The summed E-state index contributed by atoms with van der Waals surface area (Å²) in [6.07, 6.45) is 20.6. The second kappa shape index (κ2) is 12.5. The maximum absolute atomic E-state index is 3.84. The number of allylic oxidation sites excluding steroid dienone is 11. The molecule has 0 aliphatic heterocycles. The van der Waals surface area contributed by atoms with Gasteiger partial charge in [0, 0.05) is 23.6 Å². The van der Waals surface area contributed by atoms with E-state index in [1.165, 1.54) is 70.7 Å². The van der Waals surface area contributed by atoms with Crippen molar-refractivity contribution in [3.05, 3.63) is 184 Å². The van der Waals surface area contributed by atoms with Crippen LogP contribution in [0.1, 0.15) is 29.2 Å². The standard InChI is InChI=1S/C43H39P2/c1-29-23-30(2)26-36(25-29)44(37-27-31(3)24-32(4)28-37)33(5)38-19-12-22-41(38)45(42-20-10-15-34-13-6-8-17-39(34)42)43-21-11-16-35-14-7-9-18-40(35)43/h6-18,20-28,33-34H,1-5H3/t33-,34?,45?/m1/s1. The Kier molecular flexibility index (Phi) is 8.34. The molecular weight excluding hydrogens is 578 g/mol. The SMILES string of the molecule is Cc1cc(C)cc(P(c2cc(C)cc(C)c2)[C@H](C)C2=C=CC=C2P(C2=CC=CC3C=C[CH]C=C23)c2cccc3ccccc23)c1. The number of rotatable bonds is 7. The van der Waals surface area contributed by atoms with Crippen molar-refractivity contribution in [3.8, 4) is 0 Å². The van der Waals surface area contributed by atoms with Gasteiger partial charge in [0.05, 0.1) is 0 Å². The van der Waals surface area contributed by atoms with Crippen LogP contribution in [-0.2, 0) is 0 Å². The van der Waals surface area contributed by atoms with E-state index in [1.54, 1.807) is 0 Å². The van der Waals surface area contributed by atoms with Crippen molar-refractivity contribution in [1.29, 1.82) is 0 Å². The Balaban J connectivity index is 1.40. The average molecular weight is 618 g/mol. The first kappa shape index (κ1) is 29.9. The van der Waals surface area contributed by atoms with E-state index in [4.69, 9.17) is 0 Å². The maximum atomic E-state index is 3.84. The smallest absolute Gasteiger partial charge is 0.0205 e. The average Bonchev–Trinajstić information content (AvgIpc) is 3.50. The zero-order valence-corrected chi connectivity index (χ0v) is 28.5. The zero-order valence-electron chi connectivity index (χ0n) is 26.8. The fourth-order valence-corrected chi connectivity index (χ4v) is 13.2. The Hall–Kier alpha value is -3.78. The van der Waals surface area contributed by atoms with Crippen LogP contribution in [0.5, 0.6) is 0 Å². The third-order valence-corrected chi connectivity index (χ3v) is 14.2. The third kappa shape index (κ3) is 5.85. The summed E-state index contributed by atoms with van der Waals surface area (Å²) in [5.74, 6) is 0.317. The molecule has 4 aromatic rings. The highest BCUT2D eigenvalue weighted by molar-refractivity contribution is 7.75. The molecule has 45 heavy (non-hydrogen) atoms. The van der Waals surface area contributed by atoms with E-state index in [-0.39, 0.29) is 5.66 Å². The van der Waals surface area contributed by atoms with E-state index in [1.807, 2.05) is 0 Å². The molecule has 3 atom stereocenters. The summed E-state index contributed by atoms with van der Waals surface area (Å²) < 4.78 is 0. The highest BCUT2D eigenvalue weighted by Gasteiger charge is 2.35. The van der Waals surface area contributed by atoms with Crippen molar-refractivity contribution < 1.29 is 0 Å². The first-order chi connectivity index (χ1) is 21.9. The second-order valence-corrected chi connectivity index (χ2v) is 17.2. The van der Waals surface area contributed by atoms with Crippen molar-refractivity contribution in [3.63, 3.8) is 0 Å². The van der Waals surface area contributed by atoms with Gasteiger partial charge in [-0.1, -0.05) is 144 Å². The minimum atomic E-state index is -0.849. The van der Waals surface area contributed by atoms with Gasteiger partial charge < -0.3 is 0 Å². The van der Waals surface area contributed by atoms with Crippen LogP contribution in [0.3, 0.4) is 0 Å².